The molecule has 0 radical (unpaired) electrons. The van der Waals surface area contributed by atoms with Crippen molar-refractivity contribution in [3.05, 3.63) is 71.8 Å². The minimum atomic E-state index is -1.41. The highest BCUT2D eigenvalue weighted by Gasteiger charge is 2.31. The van der Waals surface area contributed by atoms with Crippen molar-refractivity contribution in [2.24, 2.45) is 22.2 Å². The standard InChI is InChI=1S/C29H39N7O7/c30-20(16-18-8-3-1-4-9-18)25(39)36-23(17-19-10-5-2-6-11-19)27(41)34-21(13-14-24(37)38)26(40)35-22(28(42)43)12-7-15-33-29(31)32/h1-6,8-11,20-23H,7,12-17,30H2,(H,34,41)(H,35,40)(H,36,39)(H,37,38)(H,42,43)(H4,31,32,33). The Morgan fingerprint density at radius 2 is 1.21 bits per heavy atom. The summed E-state index contributed by atoms with van der Waals surface area (Å²) in [6.07, 6.45) is -0.341. The third kappa shape index (κ3) is 13.0. The van der Waals surface area contributed by atoms with Crippen molar-refractivity contribution in [3.8, 4) is 0 Å². The van der Waals surface area contributed by atoms with Crippen LogP contribution in [0.15, 0.2) is 65.7 Å². The fourth-order valence-electron chi connectivity index (χ4n) is 4.14. The zero-order chi connectivity index (χ0) is 31.8. The largest absolute Gasteiger partial charge is 0.481 e. The molecule has 2 rings (SSSR count). The molecular formula is C29H39N7O7. The van der Waals surface area contributed by atoms with Crippen LogP contribution in [0.4, 0.5) is 0 Å². The van der Waals surface area contributed by atoms with E-state index in [2.05, 4.69) is 20.9 Å². The molecule has 232 valence electrons. The van der Waals surface area contributed by atoms with Crippen molar-refractivity contribution in [3.63, 3.8) is 0 Å². The highest BCUT2D eigenvalue weighted by molar-refractivity contribution is 5.94. The number of carboxylic acids is 2. The Kier molecular flexibility index (Phi) is 14.1. The first kappa shape index (κ1) is 34.2. The van der Waals surface area contributed by atoms with Crippen molar-refractivity contribution in [1.82, 2.24) is 16.0 Å². The topological polar surface area (TPSA) is 252 Å². The van der Waals surface area contributed by atoms with E-state index in [0.717, 1.165) is 5.56 Å². The molecule has 4 atom stereocenters. The Morgan fingerprint density at radius 1 is 0.698 bits per heavy atom. The lowest BCUT2D eigenvalue weighted by Gasteiger charge is -2.25. The van der Waals surface area contributed by atoms with Crippen LogP contribution in [0.1, 0.15) is 36.8 Å². The smallest absolute Gasteiger partial charge is 0.326 e. The van der Waals surface area contributed by atoms with Crippen LogP contribution in [0.25, 0.3) is 0 Å². The van der Waals surface area contributed by atoms with Crippen molar-refractivity contribution in [1.29, 1.82) is 0 Å². The summed E-state index contributed by atoms with van der Waals surface area (Å²) < 4.78 is 0. The van der Waals surface area contributed by atoms with Gasteiger partial charge in [-0.2, -0.15) is 0 Å². The molecule has 0 fully saturated rings. The first-order chi connectivity index (χ1) is 20.5. The van der Waals surface area contributed by atoms with Crippen LogP contribution >= 0.6 is 0 Å². The zero-order valence-corrected chi connectivity index (χ0v) is 23.6. The van der Waals surface area contributed by atoms with Crippen molar-refractivity contribution in [2.75, 3.05) is 6.54 Å². The van der Waals surface area contributed by atoms with Gasteiger partial charge in [0.1, 0.15) is 18.1 Å². The summed E-state index contributed by atoms with van der Waals surface area (Å²) in [4.78, 5) is 66.4. The van der Waals surface area contributed by atoms with Gasteiger partial charge in [0, 0.05) is 19.4 Å². The first-order valence-corrected chi connectivity index (χ1v) is 13.7. The number of nitrogens with one attached hydrogen (secondary N) is 3. The summed E-state index contributed by atoms with van der Waals surface area (Å²) >= 11 is 0. The number of hydrogen-bond donors (Lipinski definition) is 8. The molecule has 0 heterocycles. The molecule has 4 unspecified atom stereocenters. The minimum Gasteiger partial charge on any atom is -0.481 e. The number of carbonyl (C=O) groups excluding carboxylic acids is 3. The lowest BCUT2D eigenvalue weighted by Crippen LogP contribution is -2.57. The second-order valence-electron chi connectivity index (χ2n) is 9.89. The Balaban J connectivity index is 2.20. The number of nitrogens with zero attached hydrogens (tertiary/aromatic N) is 1. The van der Waals surface area contributed by atoms with E-state index in [9.17, 15) is 34.2 Å². The van der Waals surface area contributed by atoms with Gasteiger partial charge in [0.25, 0.3) is 0 Å². The summed E-state index contributed by atoms with van der Waals surface area (Å²) in [5.74, 6) is -4.98. The number of nitrogens with two attached hydrogens (primary N) is 3. The average Bonchev–Trinajstić information content (AvgIpc) is 2.96. The molecule has 0 aliphatic rings. The van der Waals surface area contributed by atoms with Crippen LogP contribution in [-0.2, 0) is 36.8 Å². The zero-order valence-electron chi connectivity index (χ0n) is 23.6. The quantitative estimate of drug-likeness (QED) is 0.0606. The molecule has 0 aromatic heterocycles. The molecule has 0 aliphatic carbocycles. The molecule has 2 aromatic rings. The Bertz CT molecular complexity index is 1250. The van der Waals surface area contributed by atoms with Crippen LogP contribution < -0.4 is 33.2 Å². The van der Waals surface area contributed by atoms with Gasteiger partial charge in [0.15, 0.2) is 5.96 Å². The first-order valence-electron chi connectivity index (χ1n) is 13.7. The predicted molar refractivity (Wildman–Crippen MR) is 158 cm³/mol. The molecule has 14 nitrogen and oxygen atoms in total. The van der Waals surface area contributed by atoms with Gasteiger partial charge < -0.3 is 43.4 Å². The maximum Gasteiger partial charge on any atom is 0.326 e. The van der Waals surface area contributed by atoms with E-state index in [4.69, 9.17) is 17.2 Å². The molecule has 0 aliphatic heterocycles. The van der Waals surface area contributed by atoms with E-state index in [-0.39, 0.29) is 44.6 Å². The fourth-order valence-corrected chi connectivity index (χ4v) is 4.14. The molecule has 14 heteroatoms. The number of benzene rings is 2. The van der Waals surface area contributed by atoms with E-state index in [1.54, 1.807) is 30.3 Å². The third-order valence-electron chi connectivity index (χ3n) is 6.39. The number of amides is 3. The van der Waals surface area contributed by atoms with Gasteiger partial charge in [0.2, 0.25) is 17.7 Å². The van der Waals surface area contributed by atoms with Crippen molar-refractivity contribution in [2.45, 2.75) is 62.7 Å². The van der Waals surface area contributed by atoms with Gasteiger partial charge >= 0.3 is 11.9 Å². The van der Waals surface area contributed by atoms with Gasteiger partial charge in [-0.15, -0.1) is 0 Å². The summed E-state index contributed by atoms with van der Waals surface area (Å²) in [6.45, 7) is 0.133. The van der Waals surface area contributed by atoms with Gasteiger partial charge in [-0.1, -0.05) is 60.7 Å². The fraction of sp³-hybridized carbons (Fsp3) is 0.379. The summed E-state index contributed by atoms with van der Waals surface area (Å²) in [6, 6.07) is 13.0. The molecule has 2 aromatic carbocycles. The Morgan fingerprint density at radius 3 is 1.74 bits per heavy atom. The van der Waals surface area contributed by atoms with Crippen LogP contribution in [0.5, 0.6) is 0 Å². The SMILES string of the molecule is NC(N)=NCCCC(NC(=O)C(CCC(=O)O)NC(=O)C(Cc1ccccc1)NC(=O)C(N)Cc1ccccc1)C(=O)O. The monoisotopic (exact) mass is 597 g/mol. The molecular weight excluding hydrogens is 558 g/mol. The van der Waals surface area contributed by atoms with E-state index in [0.29, 0.717) is 5.56 Å². The third-order valence-corrected chi connectivity index (χ3v) is 6.39. The second-order valence-corrected chi connectivity index (χ2v) is 9.89. The van der Waals surface area contributed by atoms with Crippen molar-refractivity contribution >= 4 is 35.6 Å². The minimum absolute atomic E-state index is 0.0244. The normalized spacial score (nSPS) is 13.4. The maximum atomic E-state index is 13.5. The molecule has 0 saturated carbocycles. The highest BCUT2D eigenvalue weighted by atomic mass is 16.4. The lowest BCUT2D eigenvalue weighted by molar-refractivity contribution is -0.143. The molecule has 0 spiro atoms. The number of aliphatic carboxylic acids is 2. The second kappa shape index (κ2) is 17.7. The van der Waals surface area contributed by atoms with Crippen LogP contribution in [0.3, 0.4) is 0 Å². The van der Waals surface area contributed by atoms with Crippen LogP contribution in [0.2, 0.25) is 0 Å². The van der Waals surface area contributed by atoms with E-state index in [1.807, 2.05) is 30.3 Å². The number of aliphatic imine (C=N–C) groups is 1. The lowest BCUT2D eigenvalue weighted by atomic mass is 10.0. The Hall–Kier alpha value is -4.98. The maximum absolute atomic E-state index is 13.5. The average molecular weight is 598 g/mol. The van der Waals surface area contributed by atoms with Crippen molar-refractivity contribution < 1.29 is 34.2 Å². The summed E-state index contributed by atoms with van der Waals surface area (Å²) in [5, 5.41) is 26.3. The molecule has 43 heavy (non-hydrogen) atoms. The van der Waals surface area contributed by atoms with Crippen LogP contribution in [0, 0.1) is 0 Å². The van der Waals surface area contributed by atoms with Gasteiger partial charge in [-0.25, -0.2) is 4.79 Å². The van der Waals surface area contributed by atoms with Gasteiger partial charge in [0.05, 0.1) is 6.04 Å². The van der Waals surface area contributed by atoms with E-state index < -0.39 is 60.2 Å². The predicted octanol–water partition coefficient (Wildman–Crippen LogP) is -0.743. The molecule has 11 N–H and O–H groups in total. The Labute approximate surface area is 249 Å². The van der Waals surface area contributed by atoms with Gasteiger partial charge in [-0.05, 0) is 36.8 Å². The van der Waals surface area contributed by atoms with Gasteiger partial charge in [-0.3, -0.25) is 24.2 Å². The number of hydrogen-bond acceptors (Lipinski definition) is 7. The van der Waals surface area contributed by atoms with Crippen LogP contribution in [-0.4, -0.2) is 76.5 Å². The van der Waals surface area contributed by atoms with E-state index in [1.165, 1.54) is 0 Å². The molecule has 0 saturated heterocycles. The number of carboxylic acid groups (broad SMARTS) is 2. The number of rotatable bonds is 18. The highest BCUT2D eigenvalue weighted by Crippen LogP contribution is 2.08. The summed E-state index contributed by atoms with van der Waals surface area (Å²) in [7, 11) is 0. The van der Waals surface area contributed by atoms with E-state index >= 15 is 0 Å². The number of carbonyl (C=O) groups is 5. The molecule has 0 bridgehead atoms. The number of guanidine groups is 1. The summed E-state index contributed by atoms with van der Waals surface area (Å²) in [5.41, 5.74) is 18.2. The molecule has 3 amide bonds.